The van der Waals surface area contributed by atoms with Crippen molar-refractivity contribution in [2.75, 3.05) is 13.7 Å². The van der Waals surface area contributed by atoms with Gasteiger partial charge in [0.2, 0.25) is 0 Å². The summed E-state index contributed by atoms with van der Waals surface area (Å²) in [4.78, 5) is 23.0. The van der Waals surface area contributed by atoms with Crippen LogP contribution in [0.5, 0.6) is 5.75 Å². The van der Waals surface area contributed by atoms with Gasteiger partial charge in [-0.05, 0) is 36.4 Å². The van der Waals surface area contributed by atoms with E-state index in [1.54, 1.807) is 0 Å². The molecule has 1 N–H and O–H groups in total. The SMILES string of the molecule is CCCCOc1ccc(F)cc1C=N/N=C1/NC(=O)/C(=C\C(=O)OC)S1. The zero-order chi connectivity index (χ0) is 18.9. The van der Waals surface area contributed by atoms with Crippen LogP contribution in [0.2, 0.25) is 0 Å². The lowest BCUT2D eigenvalue weighted by molar-refractivity contribution is -0.135. The number of nitrogens with zero attached hydrogens (tertiary/aromatic N) is 2. The largest absolute Gasteiger partial charge is 0.493 e. The second-order valence-electron chi connectivity index (χ2n) is 5.12. The highest BCUT2D eigenvalue weighted by molar-refractivity contribution is 8.18. The zero-order valence-electron chi connectivity index (χ0n) is 14.3. The Labute approximate surface area is 154 Å². The lowest BCUT2D eigenvalue weighted by Crippen LogP contribution is -2.19. The Morgan fingerprint density at radius 1 is 1.42 bits per heavy atom. The van der Waals surface area contributed by atoms with Crippen LogP contribution in [0.25, 0.3) is 0 Å². The molecule has 1 heterocycles. The topological polar surface area (TPSA) is 89.4 Å². The van der Waals surface area contributed by atoms with Gasteiger partial charge in [0.15, 0.2) is 5.17 Å². The first-order chi connectivity index (χ1) is 12.5. The number of unbranched alkanes of at least 4 members (excludes halogenated alkanes) is 1. The summed E-state index contributed by atoms with van der Waals surface area (Å²) in [5, 5.41) is 10.4. The van der Waals surface area contributed by atoms with Gasteiger partial charge >= 0.3 is 5.97 Å². The molecular formula is C17H18FN3O4S. The van der Waals surface area contributed by atoms with Crippen molar-refractivity contribution in [2.45, 2.75) is 19.8 Å². The Morgan fingerprint density at radius 2 is 2.23 bits per heavy atom. The number of rotatable bonds is 7. The number of hydrogen-bond acceptors (Lipinski definition) is 7. The fourth-order valence-electron chi connectivity index (χ4n) is 1.86. The van der Waals surface area contributed by atoms with Crippen molar-refractivity contribution in [3.63, 3.8) is 0 Å². The smallest absolute Gasteiger partial charge is 0.331 e. The average molecular weight is 379 g/mol. The molecule has 1 aliphatic heterocycles. The minimum Gasteiger partial charge on any atom is -0.493 e. The molecule has 0 spiro atoms. The van der Waals surface area contributed by atoms with E-state index < -0.39 is 17.7 Å². The molecule has 1 fully saturated rings. The van der Waals surface area contributed by atoms with Gasteiger partial charge in [0, 0.05) is 11.6 Å². The van der Waals surface area contributed by atoms with Crippen molar-refractivity contribution < 1.29 is 23.5 Å². The highest BCUT2D eigenvalue weighted by Crippen LogP contribution is 2.23. The minimum atomic E-state index is -0.638. The van der Waals surface area contributed by atoms with E-state index in [-0.39, 0.29) is 10.1 Å². The Bertz CT molecular complexity index is 777. The number of halogens is 1. The molecule has 9 heteroatoms. The molecule has 0 saturated carbocycles. The van der Waals surface area contributed by atoms with Crippen molar-refractivity contribution in [1.29, 1.82) is 0 Å². The number of thioether (sulfide) groups is 1. The van der Waals surface area contributed by atoms with Crippen molar-refractivity contribution in [1.82, 2.24) is 5.32 Å². The summed E-state index contributed by atoms with van der Waals surface area (Å²) in [7, 11) is 1.22. The molecule has 1 amide bonds. The number of carbonyl (C=O) groups excluding carboxylic acids is 2. The highest BCUT2D eigenvalue weighted by atomic mass is 32.2. The van der Waals surface area contributed by atoms with Gasteiger partial charge in [-0.3, -0.25) is 10.1 Å². The first kappa shape index (κ1) is 19.6. The molecule has 0 aliphatic carbocycles. The van der Waals surface area contributed by atoms with Gasteiger partial charge in [0.1, 0.15) is 11.6 Å². The minimum absolute atomic E-state index is 0.153. The third-order valence-electron chi connectivity index (χ3n) is 3.17. The standard InChI is InChI=1S/C17H18FN3O4S/c1-3-4-7-25-13-6-5-12(18)8-11(13)10-19-21-17-20-16(23)14(26-17)9-15(22)24-2/h5-6,8-10H,3-4,7H2,1-2H3,(H,20,21,23)/b14-9+,19-10?. The molecule has 2 rings (SSSR count). The number of carbonyl (C=O) groups is 2. The van der Waals surface area contributed by atoms with Crippen molar-refractivity contribution in [3.05, 3.63) is 40.6 Å². The Hall–Kier alpha value is -2.68. The maximum Gasteiger partial charge on any atom is 0.331 e. The van der Waals surface area contributed by atoms with Crippen molar-refractivity contribution in [3.8, 4) is 5.75 Å². The number of nitrogens with one attached hydrogen (secondary N) is 1. The highest BCUT2D eigenvalue weighted by Gasteiger charge is 2.25. The number of ether oxygens (including phenoxy) is 2. The number of hydrogen-bond donors (Lipinski definition) is 1. The maximum absolute atomic E-state index is 13.5. The maximum atomic E-state index is 13.5. The monoisotopic (exact) mass is 379 g/mol. The lowest BCUT2D eigenvalue weighted by Gasteiger charge is -2.08. The van der Waals surface area contributed by atoms with E-state index in [0.717, 1.165) is 30.7 Å². The molecule has 0 radical (unpaired) electrons. The summed E-state index contributed by atoms with van der Waals surface area (Å²) >= 11 is 0.952. The second kappa shape index (κ2) is 9.71. The fourth-order valence-corrected chi connectivity index (χ4v) is 2.60. The van der Waals surface area contributed by atoms with Crippen LogP contribution in [0.3, 0.4) is 0 Å². The normalized spacial score (nSPS) is 17.1. The molecule has 1 saturated heterocycles. The molecule has 1 aromatic rings. The first-order valence-corrected chi connectivity index (χ1v) is 8.67. The molecular weight excluding hydrogens is 361 g/mol. The number of amidine groups is 1. The van der Waals surface area contributed by atoms with E-state index in [4.69, 9.17) is 4.74 Å². The Kier molecular flexibility index (Phi) is 7.34. The number of amides is 1. The molecule has 0 unspecified atom stereocenters. The van der Waals surface area contributed by atoms with Gasteiger partial charge in [0.25, 0.3) is 5.91 Å². The van der Waals surface area contributed by atoms with Crippen molar-refractivity contribution in [2.24, 2.45) is 10.2 Å². The predicted octanol–water partition coefficient (Wildman–Crippen LogP) is 2.61. The van der Waals surface area contributed by atoms with Crippen LogP contribution < -0.4 is 10.1 Å². The van der Waals surface area contributed by atoms with Gasteiger partial charge in [0.05, 0.1) is 24.8 Å². The van der Waals surface area contributed by atoms with Gasteiger partial charge in [-0.25, -0.2) is 9.18 Å². The van der Waals surface area contributed by atoms with Gasteiger partial charge < -0.3 is 9.47 Å². The summed E-state index contributed by atoms with van der Waals surface area (Å²) in [5.74, 6) is -1.03. The van der Waals surface area contributed by atoms with E-state index in [9.17, 15) is 14.0 Å². The van der Waals surface area contributed by atoms with Crippen LogP contribution in [0.1, 0.15) is 25.3 Å². The molecule has 26 heavy (non-hydrogen) atoms. The van der Waals surface area contributed by atoms with E-state index in [1.807, 2.05) is 6.92 Å². The predicted molar refractivity (Wildman–Crippen MR) is 97.7 cm³/mol. The molecule has 1 aromatic carbocycles. The summed E-state index contributed by atoms with van der Waals surface area (Å²) < 4.78 is 23.5. The molecule has 0 aromatic heterocycles. The summed E-state index contributed by atoms with van der Waals surface area (Å²) in [6.45, 7) is 2.56. The number of methoxy groups -OCH3 is 1. The van der Waals surface area contributed by atoms with E-state index in [0.29, 0.717) is 17.9 Å². The lowest BCUT2D eigenvalue weighted by atomic mass is 10.2. The zero-order valence-corrected chi connectivity index (χ0v) is 15.1. The van der Waals surface area contributed by atoms with Crippen LogP contribution in [0, 0.1) is 5.82 Å². The van der Waals surface area contributed by atoms with Crippen LogP contribution >= 0.6 is 11.8 Å². The van der Waals surface area contributed by atoms with Crippen molar-refractivity contribution >= 4 is 35.0 Å². The quantitative estimate of drug-likeness (QED) is 0.259. The van der Waals surface area contributed by atoms with E-state index in [2.05, 4.69) is 20.3 Å². The molecule has 1 aliphatic rings. The van der Waals surface area contributed by atoms with Gasteiger partial charge in [-0.2, -0.15) is 5.10 Å². The third kappa shape index (κ3) is 5.69. The summed E-state index contributed by atoms with van der Waals surface area (Å²) in [6, 6.07) is 4.12. The molecule has 0 atom stereocenters. The Morgan fingerprint density at radius 3 is 2.96 bits per heavy atom. The number of esters is 1. The molecule has 138 valence electrons. The fraction of sp³-hybridized carbons (Fsp3) is 0.294. The van der Waals surface area contributed by atoms with E-state index >= 15 is 0 Å². The summed E-state index contributed by atoms with van der Waals surface area (Å²) in [6.07, 6.45) is 4.27. The Balaban J connectivity index is 2.09. The van der Waals surface area contributed by atoms with Crippen LogP contribution in [0.15, 0.2) is 39.4 Å². The van der Waals surface area contributed by atoms with E-state index in [1.165, 1.54) is 31.5 Å². The average Bonchev–Trinajstić information content (AvgIpc) is 2.96. The van der Waals surface area contributed by atoms with Crippen LogP contribution in [0.4, 0.5) is 4.39 Å². The van der Waals surface area contributed by atoms with Gasteiger partial charge in [-0.1, -0.05) is 13.3 Å². The number of benzene rings is 1. The van der Waals surface area contributed by atoms with Crippen LogP contribution in [-0.2, 0) is 14.3 Å². The second-order valence-corrected chi connectivity index (χ2v) is 6.15. The summed E-state index contributed by atoms with van der Waals surface area (Å²) in [5.41, 5.74) is 0.435. The first-order valence-electron chi connectivity index (χ1n) is 7.85. The van der Waals surface area contributed by atoms with Crippen LogP contribution in [-0.4, -0.2) is 37.0 Å². The van der Waals surface area contributed by atoms with Gasteiger partial charge in [-0.15, -0.1) is 5.10 Å². The molecule has 7 nitrogen and oxygen atoms in total. The molecule has 0 bridgehead atoms. The third-order valence-corrected chi connectivity index (χ3v) is 4.07.